The fourth-order valence-corrected chi connectivity index (χ4v) is 6.43. The van der Waals surface area contributed by atoms with E-state index in [0.717, 1.165) is 11.1 Å². The predicted octanol–water partition coefficient (Wildman–Crippen LogP) is 10.6. The molecule has 6 aromatic carbocycles. The first-order valence-electron chi connectivity index (χ1n) is 21.5. The summed E-state index contributed by atoms with van der Waals surface area (Å²) in [6.45, 7) is 13.1. The molecule has 0 fully saturated rings. The van der Waals surface area contributed by atoms with Gasteiger partial charge in [-0.05, 0) is 125 Å². The van der Waals surface area contributed by atoms with Crippen LogP contribution in [0.4, 0.5) is 0 Å². The summed E-state index contributed by atoms with van der Waals surface area (Å²) in [4.78, 5) is 52.5. The van der Waals surface area contributed by atoms with Gasteiger partial charge in [-0.1, -0.05) is 24.3 Å². The molecule has 0 N–H and O–H groups in total. The zero-order valence-corrected chi connectivity index (χ0v) is 37.5. The summed E-state index contributed by atoms with van der Waals surface area (Å²) < 4.78 is 56.5. The lowest BCUT2D eigenvalue weighted by atomic mass is 10.1. The van der Waals surface area contributed by atoms with Gasteiger partial charge in [-0.3, -0.25) is 0 Å². The summed E-state index contributed by atoms with van der Waals surface area (Å²) in [6, 6.07) is 32.1. The van der Waals surface area contributed by atoms with Gasteiger partial charge in [0.1, 0.15) is 45.6 Å². The van der Waals surface area contributed by atoms with Crippen molar-refractivity contribution in [1.29, 1.82) is 0 Å². The topological polar surface area (TPSA) is 161 Å². The molecule has 0 aliphatic heterocycles. The fourth-order valence-electron chi connectivity index (χ4n) is 6.43. The maximum Gasteiger partial charge on any atom is 0.347 e. The normalized spacial score (nSPS) is 10.6. The molecule has 0 unspecified atom stereocenters. The van der Waals surface area contributed by atoms with E-state index in [9.17, 15) is 19.2 Å². The van der Waals surface area contributed by atoms with Gasteiger partial charge >= 0.3 is 23.9 Å². The Kier molecular flexibility index (Phi) is 16.6. The molecule has 66 heavy (non-hydrogen) atoms. The molecule has 0 spiro atoms. The quantitative estimate of drug-likeness (QED) is 0.0496. The zero-order valence-electron chi connectivity index (χ0n) is 37.5. The molecule has 14 heteroatoms. The van der Waals surface area contributed by atoms with Gasteiger partial charge in [-0.15, -0.1) is 0 Å². The van der Waals surface area contributed by atoms with E-state index in [2.05, 4.69) is 0 Å². The second-order valence-electron chi connectivity index (χ2n) is 13.8. The number of hydrogen-bond acceptors (Lipinski definition) is 14. The zero-order chi connectivity index (χ0) is 47.0. The molecule has 6 aromatic rings. The standard InChI is InChI=1S/C52H50O14/c1-7-57-43-31-47(61-11-5)45(59-9-3)29-41(43)51(55)65-39-25-17-35(18-26-39)49(53)63-37-21-13-33(14-22-37)34-15-23-38(24-16-34)64-50(54)36-19-27-40(28-20-36)66-52(56)42-30-46(60-10-4)48(62-12-6)32-44(42)58-8-2/h13-32H,7-12H2,1-6H3. The van der Waals surface area contributed by atoms with Crippen molar-refractivity contribution in [1.82, 2.24) is 0 Å². The van der Waals surface area contributed by atoms with Crippen LogP contribution in [0, 0.1) is 0 Å². The first kappa shape index (κ1) is 47.5. The molecule has 0 aliphatic carbocycles. The van der Waals surface area contributed by atoms with Crippen molar-refractivity contribution < 1.29 is 66.5 Å². The minimum atomic E-state index is -0.672. The highest BCUT2D eigenvalue weighted by molar-refractivity contribution is 5.96. The van der Waals surface area contributed by atoms with Crippen LogP contribution in [0.25, 0.3) is 11.1 Å². The van der Waals surface area contributed by atoms with Crippen molar-refractivity contribution in [2.75, 3.05) is 39.6 Å². The van der Waals surface area contributed by atoms with E-state index in [-0.39, 0.29) is 33.8 Å². The van der Waals surface area contributed by atoms with E-state index in [1.54, 1.807) is 74.5 Å². The van der Waals surface area contributed by atoms with Crippen LogP contribution in [0.2, 0.25) is 0 Å². The lowest BCUT2D eigenvalue weighted by Gasteiger charge is -2.16. The van der Waals surface area contributed by atoms with Crippen molar-refractivity contribution in [3.05, 3.63) is 144 Å². The highest BCUT2D eigenvalue weighted by Gasteiger charge is 2.23. The van der Waals surface area contributed by atoms with Gasteiger partial charge in [0.15, 0.2) is 23.0 Å². The first-order valence-corrected chi connectivity index (χ1v) is 21.5. The SMILES string of the molecule is CCOc1cc(OCC)c(C(=O)Oc2ccc(C(=O)Oc3ccc(-c4ccc(OC(=O)c5ccc(OC(=O)c6cc(OCC)c(OCC)cc6OCC)cc5)cc4)cc3)cc2)cc1OCC. The number of esters is 4. The Labute approximate surface area is 382 Å². The summed E-state index contributed by atoms with van der Waals surface area (Å²) in [5, 5.41) is 0. The van der Waals surface area contributed by atoms with E-state index in [1.165, 1.54) is 60.7 Å². The maximum atomic E-state index is 13.2. The van der Waals surface area contributed by atoms with E-state index in [1.807, 2.05) is 27.7 Å². The molecular formula is C52H50O14. The van der Waals surface area contributed by atoms with Crippen LogP contribution in [0.3, 0.4) is 0 Å². The Morgan fingerprint density at radius 2 is 0.545 bits per heavy atom. The first-order chi connectivity index (χ1) is 32.1. The molecule has 0 saturated carbocycles. The Hall–Kier alpha value is -8.00. The molecule has 0 bridgehead atoms. The van der Waals surface area contributed by atoms with Crippen LogP contribution >= 0.6 is 0 Å². The highest BCUT2D eigenvalue weighted by Crippen LogP contribution is 2.38. The second-order valence-corrected chi connectivity index (χ2v) is 13.8. The Bertz CT molecular complexity index is 2420. The van der Waals surface area contributed by atoms with Gasteiger partial charge in [0.2, 0.25) is 0 Å². The smallest absolute Gasteiger partial charge is 0.347 e. The second kappa shape index (κ2) is 23.1. The Morgan fingerprint density at radius 1 is 0.303 bits per heavy atom. The van der Waals surface area contributed by atoms with Crippen LogP contribution < -0.4 is 47.4 Å². The molecule has 0 aliphatic rings. The average molecular weight is 899 g/mol. The lowest BCUT2D eigenvalue weighted by Crippen LogP contribution is -2.13. The largest absolute Gasteiger partial charge is 0.493 e. The number of carbonyl (C=O) groups is 4. The number of ether oxygens (including phenoxy) is 10. The number of carbonyl (C=O) groups excluding carboxylic acids is 4. The van der Waals surface area contributed by atoms with Crippen molar-refractivity contribution in [2.45, 2.75) is 41.5 Å². The van der Waals surface area contributed by atoms with Gasteiger partial charge in [-0.25, -0.2) is 19.2 Å². The number of benzene rings is 6. The third-order valence-corrected chi connectivity index (χ3v) is 9.39. The van der Waals surface area contributed by atoms with Crippen LogP contribution in [-0.2, 0) is 0 Å². The van der Waals surface area contributed by atoms with Crippen molar-refractivity contribution in [3.8, 4) is 68.6 Å². The number of rotatable bonds is 21. The average Bonchev–Trinajstić information content (AvgIpc) is 3.32. The minimum absolute atomic E-state index is 0.160. The number of hydrogen-bond donors (Lipinski definition) is 0. The van der Waals surface area contributed by atoms with Crippen molar-refractivity contribution in [3.63, 3.8) is 0 Å². The lowest BCUT2D eigenvalue weighted by molar-refractivity contribution is 0.0716. The predicted molar refractivity (Wildman–Crippen MR) is 244 cm³/mol. The van der Waals surface area contributed by atoms with Gasteiger partial charge < -0.3 is 47.4 Å². The van der Waals surface area contributed by atoms with Gasteiger partial charge in [0.25, 0.3) is 0 Å². The van der Waals surface area contributed by atoms with Crippen LogP contribution in [-0.4, -0.2) is 63.5 Å². The van der Waals surface area contributed by atoms with Crippen LogP contribution in [0.15, 0.2) is 121 Å². The Balaban J connectivity index is 1.02. The molecule has 0 radical (unpaired) electrons. The summed E-state index contributed by atoms with van der Waals surface area (Å²) in [6.07, 6.45) is 0. The molecular weight excluding hydrogens is 849 g/mol. The Morgan fingerprint density at radius 3 is 0.833 bits per heavy atom. The molecule has 0 aromatic heterocycles. The molecule has 0 amide bonds. The summed E-state index contributed by atoms with van der Waals surface area (Å²) in [5.74, 6) is 0.755. The molecule has 0 saturated heterocycles. The molecule has 6 rings (SSSR count). The van der Waals surface area contributed by atoms with Gasteiger partial charge in [0.05, 0.1) is 50.8 Å². The summed E-state index contributed by atoms with van der Waals surface area (Å²) in [5.41, 5.74) is 2.45. The van der Waals surface area contributed by atoms with Gasteiger partial charge in [0, 0.05) is 24.3 Å². The highest BCUT2D eigenvalue weighted by atomic mass is 16.6. The van der Waals surface area contributed by atoms with E-state index >= 15 is 0 Å². The van der Waals surface area contributed by atoms with Crippen molar-refractivity contribution >= 4 is 23.9 Å². The molecule has 342 valence electrons. The van der Waals surface area contributed by atoms with E-state index in [0.29, 0.717) is 85.6 Å². The van der Waals surface area contributed by atoms with E-state index < -0.39 is 23.9 Å². The van der Waals surface area contributed by atoms with E-state index in [4.69, 9.17) is 47.4 Å². The minimum Gasteiger partial charge on any atom is -0.493 e. The third-order valence-electron chi connectivity index (χ3n) is 9.39. The molecule has 0 atom stereocenters. The van der Waals surface area contributed by atoms with Crippen molar-refractivity contribution in [2.24, 2.45) is 0 Å². The fraction of sp³-hybridized carbons (Fsp3) is 0.231. The monoisotopic (exact) mass is 898 g/mol. The van der Waals surface area contributed by atoms with Gasteiger partial charge in [-0.2, -0.15) is 0 Å². The molecule has 14 nitrogen and oxygen atoms in total. The summed E-state index contributed by atoms with van der Waals surface area (Å²) in [7, 11) is 0. The van der Waals surface area contributed by atoms with Crippen LogP contribution in [0.1, 0.15) is 83.0 Å². The molecule has 0 heterocycles. The maximum absolute atomic E-state index is 13.2. The third kappa shape index (κ3) is 12.2. The van der Waals surface area contributed by atoms with Crippen LogP contribution in [0.5, 0.6) is 57.5 Å². The summed E-state index contributed by atoms with van der Waals surface area (Å²) >= 11 is 0.